The average molecular weight is 368 g/mol. The summed E-state index contributed by atoms with van der Waals surface area (Å²) >= 11 is 0. The maximum Gasteiger partial charge on any atom is 0.266 e. The number of nitrogens with zero attached hydrogens (tertiary/aromatic N) is 1. The van der Waals surface area contributed by atoms with E-state index in [0.29, 0.717) is 18.7 Å². The first-order valence-corrected chi connectivity index (χ1v) is 8.73. The number of ether oxygens (including phenoxy) is 1. The second-order valence-electron chi connectivity index (χ2n) is 6.53. The van der Waals surface area contributed by atoms with Gasteiger partial charge in [0.25, 0.3) is 17.7 Å². The molecule has 0 saturated carbocycles. The zero-order valence-electron chi connectivity index (χ0n) is 14.4. The fraction of sp³-hybridized carbons (Fsp3) is 0.250. The maximum absolute atomic E-state index is 13.1. The summed E-state index contributed by atoms with van der Waals surface area (Å²) in [6.07, 6.45) is 1.90. The Balaban J connectivity index is 1.54. The minimum Gasteiger partial charge on any atom is -0.376 e. The van der Waals surface area contributed by atoms with E-state index in [-0.39, 0.29) is 28.8 Å². The van der Waals surface area contributed by atoms with Crippen molar-refractivity contribution in [3.8, 4) is 0 Å². The number of carbonyl (C=O) groups is 3. The van der Waals surface area contributed by atoms with Crippen LogP contribution in [-0.2, 0) is 4.74 Å². The van der Waals surface area contributed by atoms with Crippen molar-refractivity contribution in [2.45, 2.75) is 18.9 Å². The summed E-state index contributed by atoms with van der Waals surface area (Å²) in [5, 5.41) is 2.79. The summed E-state index contributed by atoms with van der Waals surface area (Å²) in [4.78, 5) is 38.6. The summed E-state index contributed by atoms with van der Waals surface area (Å²) in [5.41, 5.74) is 0.968. The van der Waals surface area contributed by atoms with Crippen molar-refractivity contribution >= 4 is 23.4 Å². The van der Waals surface area contributed by atoms with Gasteiger partial charge in [-0.15, -0.1) is 0 Å². The van der Waals surface area contributed by atoms with E-state index >= 15 is 0 Å². The zero-order valence-corrected chi connectivity index (χ0v) is 14.4. The number of amides is 3. The van der Waals surface area contributed by atoms with Gasteiger partial charge in [-0.1, -0.05) is 0 Å². The molecule has 27 heavy (non-hydrogen) atoms. The minimum absolute atomic E-state index is 0.0144. The molecule has 0 bridgehead atoms. The first-order chi connectivity index (χ1) is 13.0. The molecular weight excluding hydrogens is 351 g/mol. The van der Waals surface area contributed by atoms with Crippen LogP contribution in [0.15, 0.2) is 42.5 Å². The first-order valence-electron chi connectivity index (χ1n) is 8.73. The number of imide groups is 1. The summed E-state index contributed by atoms with van der Waals surface area (Å²) in [6, 6.07) is 9.51. The third-order valence-corrected chi connectivity index (χ3v) is 4.75. The number of anilines is 1. The van der Waals surface area contributed by atoms with Crippen LogP contribution in [0.3, 0.4) is 0 Å². The van der Waals surface area contributed by atoms with Crippen LogP contribution in [0.2, 0.25) is 0 Å². The summed E-state index contributed by atoms with van der Waals surface area (Å²) < 4.78 is 18.6. The van der Waals surface area contributed by atoms with E-state index in [1.54, 1.807) is 0 Å². The van der Waals surface area contributed by atoms with E-state index in [1.165, 1.54) is 42.5 Å². The molecule has 0 aliphatic carbocycles. The van der Waals surface area contributed by atoms with E-state index < -0.39 is 17.6 Å². The van der Waals surface area contributed by atoms with Gasteiger partial charge in [0.05, 0.1) is 22.9 Å². The van der Waals surface area contributed by atoms with Crippen molar-refractivity contribution in [3.63, 3.8) is 0 Å². The molecule has 1 atom stereocenters. The standard InChI is InChI=1S/C20H17FN2O4/c21-13-4-6-14(7-5-13)23-19(25)16-8-3-12(10-17(16)20(23)26)18(24)22-11-15-2-1-9-27-15/h3-8,10,15H,1-2,9,11H2,(H,22,24). The van der Waals surface area contributed by atoms with Gasteiger partial charge < -0.3 is 10.1 Å². The van der Waals surface area contributed by atoms with Crippen LogP contribution in [0, 0.1) is 5.82 Å². The highest BCUT2D eigenvalue weighted by Crippen LogP contribution is 2.29. The molecule has 1 unspecified atom stereocenters. The zero-order chi connectivity index (χ0) is 19.0. The number of rotatable bonds is 4. The number of nitrogens with one attached hydrogen (secondary N) is 1. The molecule has 2 aromatic carbocycles. The lowest BCUT2D eigenvalue weighted by molar-refractivity contribution is 0.0857. The van der Waals surface area contributed by atoms with E-state index in [0.717, 1.165) is 17.7 Å². The minimum atomic E-state index is -0.532. The third-order valence-electron chi connectivity index (χ3n) is 4.75. The first kappa shape index (κ1) is 17.4. The summed E-state index contributed by atoms with van der Waals surface area (Å²) in [6.45, 7) is 1.11. The predicted octanol–water partition coefficient (Wildman–Crippen LogP) is 2.54. The van der Waals surface area contributed by atoms with Crippen molar-refractivity contribution < 1.29 is 23.5 Å². The maximum atomic E-state index is 13.1. The highest BCUT2D eigenvalue weighted by Gasteiger charge is 2.37. The van der Waals surface area contributed by atoms with Gasteiger partial charge in [0, 0.05) is 18.7 Å². The highest BCUT2D eigenvalue weighted by atomic mass is 19.1. The molecule has 1 N–H and O–H groups in total. The van der Waals surface area contributed by atoms with Gasteiger partial charge in [0.15, 0.2) is 0 Å². The molecule has 6 nitrogen and oxygen atoms in total. The molecule has 4 rings (SSSR count). The van der Waals surface area contributed by atoms with E-state index in [2.05, 4.69) is 5.32 Å². The molecule has 3 amide bonds. The Morgan fingerprint density at radius 1 is 1.11 bits per heavy atom. The molecule has 1 fully saturated rings. The lowest BCUT2D eigenvalue weighted by Crippen LogP contribution is -2.31. The SMILES string of the molecule is O=C(NCC1CCCO1)c1ccc2c(c1)C(=O)N(c1ccc(F)cc1)C2=O. The number of hydrogen-bond donors (Lipinski definition) is 1. The van der Waals surface area contributed by atoms with Crippen molar-refractivity contribution in [1.82, 2.24) is 5.32 Å². The Kier molecular flexibility index (Phi) is 4.45. The number of fused-ring (bicyclic) bond motifs is 1. The third kappa shape index (κ3) is 3.21. The second-order valence-corrected chi connectivity index (χ2v) is 6.53. The number of halogens is 1. The fourth-order valence-corrected chi connectivity index (χ4v) is 3.32. The molecular formula is C20H17FN2O4. The van der Waals surface area contributed by atoms with E-state index in [4.69, 9.17) is 4.74 Å². The molecule has 2 aromatic rings. The van der Waals surface area contributed by atoms with Gasteiger partial charge >= 0.3 is 0 Å². The second kappa shape index (κ2) is 6.92. The van der Waals surface area contributed by atoms with Crippen LogP contribution in [-0.4, -0.2) is 37.0 Å². The van der Waals surface area contributed by atoms with Gasteiger partial charge in [-0.05, 0) is 55.3 Å². The Hall–Kier alpha value is -3.06. The van der Waals surface area contributed by atoms with Crippen LogP contribution in [0.1, 0.15) is 43.9 Å². The lowest BCUT2D eigenvalue weighted by atomic mass is 10.1. The Morgan fingerprint density at radius 2 is 1.85 bits per heavy atom. The predicted molar refractivity (Wildman–Crippen MR) is 95.3 cm³/mol. The molecule has 138 valence electrons. The fourth-order valence-electron chi connectivity index (χ4n) is 3.32. The van der Waals surface area contributed by atoms with Crippen molar-refractivity contribution in [3.05, 3.63) is 65.0 Å². The molecule has 2 aliphatic heterocycles. The van der Waals surface area contributed by atoms with Gasteiger partial charge in [0.1, 0.15) is 5.82 Å². The topological polar surface area (TPSA) is 75.7 Å². The van der Waals surface area contributed by atoms with Crippen molar-refractivity contribution in [2.24, 2.45) is 0 Å². The Labute approximate surface area is 154 Å². The molecule has 2 heterocycles. The van der Waals surface area contributed by atoms with Crippen LogP contribution >= 0.6 is 0 Å². The molecule has 7 heteroatoms. The monoisotopic (exact) mass is 368 g/mol. The number of carbonyl (C=O) groups excluding carboxylic acids is 3. The summed E-state index contributed by atoms with van der Waals surface area (Å²) in [5.74, 6) is -1.81. The van der Waals surface area contributed by atoms with Crippen molar-refractivity contribution in [1.29, 1.82) is 0 Å². The van der Waals surface area contributed by atoms with Crippen LogP contribution < -0.4 is 10.2 Å². The lowest BCUT2D eigenvalue weighted by Gasteiger charge is -2.13. The van der Waals surface area contributed by atoms with Gasteiger partial charge in [-0.2, -0.15) is 0 Å². The van der Waals surface area contributed by atoms with Gasteiger partial charge in [0.2, 0.25) is 0 Å². The smallest absolute Gasteiger partial charge is 0.266 e. The molecule has 0 spiro atoms. The van der Waals surface area contributed by atoms with Gasteiger partial charge in [-0.3, -0.25) is 14.4 Å². The molecule has 0 aromatic heterocycles. The largest absolute Gasteiger partial charge is 0.376 e. The van der Waals surface area contributed by atoms with Crippen LogP contribution in [0.4, 0.5) is 10.1 Å². The molecule has 1 saturated heterocycles. The van der Waals surface area contributed by atoms with Crippen LogP contribution in [0.5, 0.6) is 0 Å². The molecule has 2 aliphatic rings. The quantitative estimate of drug-likeness (QED) is 0.842. The molecule has 0 radical (unpaired) electrons. The Bertz CT molecular complexity index is 920. The number of benzene rings is 2. The van der Waals surface area contributed by atoms with Gasteiger partial charge in [-0.25, -0.2) is 9.29 Å². The van der Waals surface area contributed by atoms with E-state index in [1.807, 2.05) is 0 Å². The number of hydrogen-bond acceptors (Lipinski definition) is 4. The highest BCUT2D eigenvalue weighted by molar-refractivity contribution is 6.34. The van der Waals surface area contributed by atoms with Crippen molar-refractivity contribution in [2.75, 3.05) is 18.1 Å². The Morgan fingerprint density at radius 3 is 2.56 bits per heavy atom. The van der Waals surface area contributed by atoms with Crippen LogP contribution in [0.25, 0.3) is 0 Å². The average Bonchev–Trinajstić information content (AvgIpc) is 3.28. The normalized spacial score (nSPS) is 18.7. The van der Waals surface area contributed by atoms with E-state index in [9.17, 15) is 18.8 Å². The summed E-state index contributed by atoms with van der Waals surface area (Å²) in [7, 11) is 0.